The number of nitrogens with zero attached hydrogens (tertiary/aromatic N) is 1. The van der Waals surface area contributed by atoms with Crippen molar-refractivity contribution in [2.75, 3.05) is 6.61 Å². The maximum atomic E-state index is 12.9. The van der Waals surface area contributed by atoms with Crippen molar-refractivity contribution in [3.8, 4) is 0 Å². The molecule has 6 atom stereocenters. The second-order valence-corrected chi connectivity index (χ2v) is 10.1. The molecule has 1 aromatic heterocycles. The summed E-state index contributed by atoms with van der Waals surface area (Å²) < 4.78 is 26.6. The third-order valence-electron chi connectivity index (χ3n) is 7.49. The molecule has 2 heterocycles. The molecule has 0 radical (unpaired) electrons. The van der Waals surface area contributed by atoms with E-state index < -0.39 is 41.3 Å². The zero-order valence-corrected chi connectivity index (χ0v) is 21.7. The minimum atomic E-state index is -1.17. The summed E-state index contributed by atoms with van der Waals surface area (Å²) in [4.78, 5) is 39.5. The lowest BCUT2D eigenvalue weighted by molar-refractivity contribution is -0.228. The number of fused-ring (bicyclic) bond motifs is 2. The summed E-state index contributed by atoms with van der Waals surface area (Å²) in [6.45, 7) is 5.67. The van der Waals surface area contributed by atoms with Crippen molar-refractivity contribution in [3.05, 3.63) is 104 Å². The summed E-state index contributed by atoms with van der Waals surface area (Å²) in [5.74, 6) is -1.01. The largest absolute Gasteiger partial charge is 0.459 e. The molecule has 5 rings (SSSR count). The zero-order chi connectivity index (χ0) is 26.9. The van der Waals surface area contributed by atoms with Gasteiger partial charge in [0.2, 0.25) is 0 Å². The molecule has 3 aromatic rings. The molecule has 2 aromatic carbocycles. The highest BCUT2D eigenvalue weighted by molar-refractivity contribution is 5.66. The number of aryl methyl sites for hydroxylation is 1. The van der Waals surface area contributed by atoms with Gasteiger partial charge in [-0.15, -0.1) is 0 Å². The van der Waals surface area contributed by atoms with Crippen LogP contribution in [0.3, 0.4) is 0 Å². The van der Waals surface area contributed by atoms with Crippen LogP contribution in [0, 0.1) is 18.8 Å². The standard InChI is InChI=1S/C29H32N2O7/c1-18-14-31(28(34)30-26(18)33)27-23-19(2)24(37-20(3)32)29(38-27,17-35-15-21-10-6-4-7-11-21)25(23)36-16-22-12-8-5-9-13-22/h4-14,19,23-25,27H,15-17H2,1-3H3,(H,30,33,34)/t19-,23+,24+,25-,27+,29-/m0/s1. The first kappa shape index (κ1) is 26.1. The zero-order valence-electron chi connectivity index (χ0n) is 21.7. The molecular weight excluding hydrogens is 488 g/mol. The van der Waals surface area contributed by atoms with Gasteiger partial charge in [-0.05, 0) is 18.1 Å². The second kappa shape index (κ2) is 10.7. The number of ether oxygens (including phenoxy) is 4. The Balaban J connectivity index is 1.52. The highest BCUT2D eigenvalue weighted by atomic mass is 16.6. The van der Waals surface area contributed by atoms with Gasteiger partial charge in [0.05, 0.1) is 19.8 Å². The SMILES string of the molecule is CC(=O)O[C@@H]1[C@@H](C)[C@H]2[C@H](n3cc(C)c(=O)[nH]c3=O)O[C@]1(COCc1ccccc1)[C@H]2OCc1ccccc1. The molecule has 0 amide bonds. The maximum absolute atomic E-state index is 12.9. The van der Waals surface area contributed by atoms with Gasteiger partial charge < -0.3 is 18.9 Å². The van der Waals surface area contributed by atoms with Crippen LogP contribution in [0.25, 0.3) is 0 Å². The Kier molecular flexibility index (Phi) is 7.34. The highest BCUT2D eigenvalue weighted by Gasteiger charge is 2.71. The molecule has 1 aliphatic carbocycles. The number of H-pyrrole nitrogens is 1. The Morgan fingerprint density at radius 2 is 1.63 bits per heavy atom. The first-order valence-corrected chi connectivity index (χ1v) is 12.7. The van der Waals surface area contributed by atoms with E-state index in [4.69, 9.17) is 18.9 Å². The van der Waals surface area contributed by atoms with Gasteiger partial charge in [0.15, 0.2) is 5.60 Å². The molecule has 1 saturated heterocycles. The lowest BCUT2D eigenvalue weighted by Gasteiger charge is -2.40. The lowest BCUT2D eigenvalue weighted by Crippen LogP contribution is -2.55. The van der Waals surface area contributed by atoms with Crippen molar-refractivity contribution in [2.24, 2.45) is 11.8 Å². The van der Waals surface area contributed by atoms with E-state index in [1.807, 2.05) is 67.6 Å². The van der Waals surface area contributed by atoms with Crippen LogP contribution in [0.1, 0.15) is 36.8 Å². The molecule has 2 aliphatic rings. The molecule has 9 nitrogen and oxygen atoms in total. The van der Waals surface area contributed by atoms with Gasteiger partial charge in [-0.2, -0.15) is 0 Å². The fraction of sp³-hybridized carbons (Fsp3) is 0.414. The lowest BCUT2D eigenvalue weighted by atomic mass is 9.92. The van der Waals surface area contributed by atoms with Gasteiger partial charge in [0.1, 0.15) is 18.4 Å². The van der Waals surface area contributed by atoms with Crippen LogP contribution in [0.15, 0.2) is 76.4 Å². The number of aromatic nitrogens is 2. The minimum absolute atomic E-state index is 0.0771. The first-order valence-electron chi connectivity index (χ1n) is 12.7. The van der Waals surface area contributed by atoms with Crippen LogP contribution in [0.5, 0.6) is 0 Å². The van der Waals surface area contributed by atoms with E-state index in [2.05, 4.69) is 4.98 Å². The number of carbonyl (C=O) groups excluding carboxylic acids is 1. The number of aromatic amines is 1. The predicted octanol–water partition coefficient (Wildman–Crippen LogP) is 3.11. The van der Waals surface area contributed by atoms with Crippen molar-refractivity contribution in [2.45, 2.75) is 58.0 Å². The number of nitrogens with one attached hydrogen (secondary N) is 1. The highest BCUT2D eigenvalue weighted by Crippen LogP contribution is 2.58. The van der Waals surface area contributed by atoms with E-state index in [1.54, 1.807) is 6.92 Å². The van der Waals surface area contributed by atoms with Crippen molar-refractivity contribution < 1.29 is 23.7 Å². The fourth-order valence-corrected chi connectivity index (χ4v) is 5.77. The summed E-state index contributed by atoms with van der Waals surface area (Å²) in [7, 11) is 0. The molecule has 1 aliphatic heterocycles. The Bertz CT molecular complexity index is 1390. The van der Waals surface area contributed by atoms with Crippen molar-refractivity contribution in [1.29, 1.82) is 0 Å². The number of hydrogen-bond acceptors (Lipinski definition) is 7. The molecule has 0 spiro atoms. The average molecular weight is 521 g/mol. The minimum Gasteiger partial charge on any atom is -0.459 e. The quantitative estimate of drug-likeness (QED) is 0.432. The second-order valence-electron chi connectivity index (χ2n) is 10.1. The van der Waals surface area contributed by atoms with Crippen molar-refractivity contribution in [1.82, 2.24) is 9.55 Å². The molecule has 2 bridgehead atoms. The summed E-state index contributed by atoms with van der Waals surface area (Å²) in [5.41, 5.74) is 0.155. The van der Waals surface area contributed by atoms with Crippen LogP contribution in [0.2, 0.25) is 0 Å². The first-order chi connectivity index (χ1) is 18.3. The fourth-order valence-electron chi connectivity index (χ4n) is 5.77. The normalized spacial score (nSPS) is 27.9. The molecular formula is C29H32N2O7. The van der Waals surface area contributed by atoms with E-state index in [0.29, 0.717) is 18.8 Å². The number of carbonyl (C=O) groups is 1. The maximum Gasteiger partial charge on any atom is 0.330 e. The van der Waals surface area contributed by atoms with Crippen LogP contribution >= 0.6 is 0 Å². The molecule has 200 valence electrons. The molecule has 38 heavy (non-hydrogen) atoms. The Morgan fingerprint density at radius 1 is 1.00 bits per heavy atom. The summed E-state index contributed by atoms with van der Waals surface area (Å²) in [6, 6.07) is 19.5. The Hall–Kier alpha value is -3.53. The molecule has 1 saturated carbocycles. The van der Waals surface area contributed by atoms with E-state index in [0.717, 1.165) is 11.1 Å². The van der Waals surface area contributed by atoms with Gasteiger partial charge in [-0.3, -0.25) is 19.1 Å². The van der Waals surface area contributed by atoms with Gasteiger partial charge in [0.25, 0.3) is 5.56 Å². The molecule has 0 unspecified atom stereocenters. The Labute approximate surface area is 220 Å². The third-order valence-corrected chi connectivity index (χ3v) is 7.49. The van der Waals surface area contributed by atoms with Gasteiger partial charge in [0, 0.05) is 30.5 Å². The average Bonchev–Trinajstić information content (AvgIpc) is 3.33. The van der Waals surface area contributed by atoms with Crippen molar-refractivity contribution >= 4 is 5.97 Å². The predicted molar refractivity (Wildman–Crippen MR) is 138 cm³/mol. The van der Waals surface area contributed by atoms with Crippen LogP contribution in [0.4, 0.5) is 0 Å². The van der Waals surface area contributed by atoms with Gasteiger partial charge in [-0.25, -0.2) is 4.79 Å². The summed E-state index contributed by atoms with van der Waals surface area (Å²) in [6.07, 6.45) is -0.451. The van der Waals surface area contributed by atoms with Gasteiger partial charge >= 0.3 is 11.7 Å². The Morgan fingerprint density at radius 3 is 2.26 bits per heavy atom. The van der Waals surface area contributed by atoms with Crippen molar-refractivity contribution in [3.63, 3.8) is 0 Å². The van der Waals surface area contributed by atoms with E-state index in [1.165, 1.54) is 17.7 Å². The summed E-state index contributed by atoms with van der Waals surface area (Å²) >= 11 is 0. The number of rotatable bonds is 9. The van der Waals surface area contributed by atoms with E-state index in [9.17, 15) is 14.4 Å². The third kappa shape index (κ3) is 4.84. The topological polar surface area (TPSA) is 109 Å². The number of hydrogen-bond donors (Lipinski definition) is 1. The molecule has 2 fully saturated rings. The van der Waals surface area contributed by atoms with Crippen LogP contribution in [-0.4, -0.2) is 39.9 Å². The molecule has 1 N–H and O–H groups in total. The number of benzene rings is 2. The smallest absolute Gasteiger partial charge is 0.330 e. The van der Waals surface area contributed by atoms with Crippen LogP contribution in [-0.2, 0) is 37.0 Å². The van der Waals surface area contributed by atoms with Crippen LogP contribution < -0.4 is 11.2 Å². The molecule has 9 heteroatoms. The van der Waals surface area contributed by atoms with E-state index >= 15 is 0 Å². The number of esters is 1. The van der Waals surface area contributed by atoms with Gasteiger partial charge in [-0.1, -0.05) is 67.6 Å². The monoisotopic (exact) mass is 520 g/mol. The van der Waals surface area contributed by atoms with E-state index in [-0.39, 0.29) is 18.4 Å². The summed E-state index contributed by atoms with van der Waals surface area (Å²) in [5, 5.41) is 0.